The minimum absolute atomic E-state index is 0. The van der Waals surface area contributed by atoms with Crippen LogP contribution in [-0.4, -0.2) is 79.7 Å². The second-order valence-corrected chi connectivity index (χ2v) is 29.5. The van der Waals surface area contributed by atoms with Gasteiger partial charge in [-0.05, 0) is 183 Å². The van der Waals surface area contributed by atoms with E-state index in [0.717, 1.165) is 151 Å². The third-order valence-corrected chi connectivity index (χ3v) is 21.1. The second-order valence-electron chi connectivity index (χ2n) is 29.5. The van der Waals surface area contributed by atoms with E-state index >= 15 is 0 Å². The molecule has 21 aromatic rings. The summed E-state index contributed by atoms with van der Waals surface area (Å²) in [6.45, 7) is 0. The first-order chi connectivity index (χ1) is 62.4. The van der Waals surface area contributed by atoms with Gasteiger partial charge in [-0.3, -0.25) is 34.9 Å². The number of rotatable bonds is 18. The Bertz CT molecular complexity index is 5890. The van der Waals surface area contributed by atoms with Crippen molar-refractivity contribution in [2.75, 3.05) is 0 Å². The highest BCUT2D eigenvalue weighted by atomic mass is 15.1. The molecule has 0 aliphatic carbocycles. The summed E-state index contributed by atoms with van der Waals surface area (Å²) < 4.78 is 0. The molecule has 0 radical (unpaired) electrons. The van der Waals surface area contributed by atoms with Crippen molar-refractivity contribution in [2.24, 2.45) is 0 Å². The Morgan fingerprint density at radius 2 is 0.305 bits per heavy atom. The second kappa shape index (κ2) is 39.6. The highest BCUT2D eigenvalue weighted by Crippen LogP contribution is 2.37. The third kappa shape index (κ3) is 19.7. The average molecular weight is 1650 g/mol. The summed E-state index contributed by atoms with van der Waals surface area (Å²) in [7, 11) is 0. The maximum atomic E-state index is 5.01. The molecule has 0 N–H and O–H groups in total. The van der Waals surface area contributed by atoms with Crippen LogP contribution in [0.25, 0.3) is 203 Å². The minimum atomic E-state index is 0. The van der Waals surface area contributed by atoms with Crippen LogP contribution >= 0.6 is 0 Å². The van der Waals surface area contributed by atoms with Gasteiger partial charge in [0.05, 0.1) is 17.1 Å². The highest BCUT2D eigenvalue weighted by Gasteiger charge is 2.20. The summed E-state index contributed by atoms with van der Waals surface area (Å²) in [4.78, 5) is 75.4. The largest absolute Gasteiger partial charge is 0.265 e. The van der Waals surface area contributed by atoms with Gasteiger partial charge in [-0.1, -0.05) is 270 Å². The minimum Gasteiger partial charge on any atom is -0.265 e. The van der Waals surface area contributed by atoms with E-state index in [-0.39, 0.29) is 14.9 Å². The average Bonchev–Trinajstić information content (AvgIpc) is 0.793. The van der Waals surface area contributed by atoms with Crippen molar-refractivity contribution in [3.05, 3.63) is 450 Å². The topological polar surface area (TPSA) is 206 Å². The molecule has 0 aliphatic heterocycles. The molecule has 21 rings (SSSR count). The zero-order valence-electron chi connectivity index (χ0n) is 67.9. The number of benzene rings is 11. The van der Waals surface area contributed by atoms with E-state index in [1.165, 1.54) is 0 Å². The van der Waals surface area contributed by atoms with Gasteiger partial charge in [0, 0.05) is 146 Å². The van der Waals surface area contributed by atoms with Gasteiger partial charge >= 0.3 is 0 Å². The number of aromatic nitrogens is 16. The standard InChI is InChI=1S/2C37H25N5.C36H24N6.2CH4/c1-2-9-26(10-3-1)27-11-4-14-30(21-27)35-40-36(31-15-5-12-28(22-31)33-17-7-19-38-24-33)42-37(41-35)32-16-6-13-29(23-32)34-18-8-20-39-25-34;1-2-7-26(8-3-1)29-9-4-12-32(23-29)35-40-36(33-13-5-10-30(24-33)27-15-19-38-20-16-27)42-37(41-35)34-14-6-11-31(25-34)28-17-21-39-22-18-28;1-4-19-37-31(16-1)25-10-7-13-28(22-25)34-40-35(29-14-8-11-26(23-29)32-17-2-5-20-38-32)42-36(41-34)30-15-9-12-27(24-30)33-18-3-6-21-39-33;;/h2*1-25H;1-24H;2*1H4. The lowest BCUT2D eigenvalue weighted by molar-refractivity contribution is 1.07. The predicted octanol–water partition coefficient (Wildman–Crippen LogP) is 26.7. The smallest absolute Gasteiger partial charge is 0.164 e. The summed E-state index contributed by atoms with van der Waals surface area (Å²) in [5.74, 6) is 5.44. The Morgan fingerprint density at radius 3 is 0.523 bits per heavy atom. The SMILES string of the molecule is C.C.c1ccc(-c2cccc(-c3nc(-c4cccc(-c5ccccn5)c4)nc(-c4cccc(-c5ccccn5)c4)n3)c2)nc1.c1ccc(-c2cccc(-c3nc(-c4cccc(-c5cccnc5)c4)nc(-c4cccc(-c5cccnc5)c4)n3)c2)cc1.c1ccc(-c2cccc(-c3nc(-c4cccc(-c5ccncc5)c4)nc(-c4cccc(-c5ccncc5)c4)n3)c2)cc1. The van der Waals surface area contributed by atoms with E-state index < -0.39 is 0 Å². The molecule has 16 nitrogen and oxygen atoms in total. The number of hydrogen-bond donors (Lipinski definition) is 0. The lowest BCUT2D eigenvalue weighted by Gasteiger charge is -2.11. The van der Waals surface area contributed by atoms with Crippen LogP contribution in [0.15, 0.2) is 450 Å². The van der Waals surface area contributed by atoms with E-state index in [0.29, 0.717) is 52.4 Å². The summed E-state index contributed by atoms with van der Waals surface area (Å²) in [5.41, 5.74) is 26.8. The maximum Gasteiger partial charge on any atom is 0.164 e. The molecule has 0 aliphatic rings. The Morgan fingerprint density at radius 1 is 0.117 bits per heavy atom. The summed E-state index contributed by atoms with van der Waals surface area (Å²) in [5, 5.41) is 0. The van der Waals surface area contributed by atoms with Crippen molar-refractivity contribution >= 4 is 0 Å². The first kappa shape index (κ1) is 82.8. The van der Waals surface area contributed by atoms with Crippen molar-refractivity contribution in [3.8, 4) is 203 Å². The van der Waals surface area contributed by atoms with Gasteiger partial charge in [0.1, 0.15) is 0 Å². The first-order valence-corrected chi connectivity index (χ1v) is 41.1. The van der Waals surface area contributed by atoms with E-state index in [1.807, 2.05) is 255 Å². The summed E-state index contributed by atoms with van der Waals surface area (Å²) >= 11 is 0. The quantitative estimate of drug-likeness (QED) is 0.0783. The number of nitrogens with zero attached hydrogens (tertiary/aromatic N) is 16. The van der Waals surface area contributed by atoms with E-state index in [9.17, 15) is 0 Å². The normalized spacial score (nSPS) is 10.7. The van der Waals surface area contributed by atoms with E-state index in [4.69, 9.17) is 44.9 Å². The molecule has 16 heteroatoms. The van der Waals surface area contributed by atoms with Gasteiger partial charge in [0.2, 0.25) is 0 Å². The molecule has 128 heavy (non-hydrogen) atoms. The van der Waals surface area contributed by atoms with Crippen LogP contribution in [0.5, 0.6) is 0 Å². The maximum absolute atomic E-state index is 5.01. The van der Waals surface area contributed by atoms with Gasteiger partial charge in [-0.2, -0.15) is 0 Å². The fourth-order valence-electron chi connectivity index (χ4n) is 14.8. The Labute approximate surface area is 743 Å². The lowest BCUT2D eigenvalue weighted by atomic mass is 10.0. The van der Waals surface area contributed by atoms with Gasteiger partial charge in [-0.15, -0.1) is 0 Å². The van der Waals surface area contributed by atoms with Gasteiger partial charge < -0.3 is 0 Å². The van der Waals surface area contributed by atoms with Gasteiger partial charge in [0.25, 0.3) is 0 Å². The Hall–Kier alpha value is -17.5. The predicted molar refractivity (Wildman–Crippen MR) is 515 cm³/mol. The van der Waals surface area contributed by atoms with Crippen molar-refractivity contribution in [1.29, 1.82) is 0 Å². The van der Waals surface area contributed by atoms with Gasteiger partial charge in [-0.25, -0.2) is 44.9 Å². The zero-order valence-corrected chi connectivity index (χ0v) is 67.9. The van der Waals surface area contributed by atoms with Crippen LogP contribution < -0.4 is 0 Å². The molecule has 0 saturated heterocycles. The molecule has 0 spiro atoms. The van der Waals surface area contributed by atoms with Crippen LogP contribution in [0, 0.1) is 0 Å². The Balaban J connectivity index is 0.000000134. The van der Waals surface area contributed by atoms with Crippen LogP contribution in [0.1, 0.15) is 14.9 Å². The van der Waals surface area contributed by atoms with Crippen molar-refractivity contribution in [1.82, 2.24) is 79.7 Å². The molecule has 0 saturated carbocycles. The monoisotopic (exact) mass is 1650 g/mol. The molecule has 610 valence electrons. The number of hydrogen-bond acceptors (Lipinski definition) is 16. The van der Waals surface area contributed by atoms with Crippen molar-refractivity contribution in [2.45, 2.75) is 14.9 Å². The highest BCUT2D eigenvalue weighted by molar-refractivity contribution is 5.81. The third-order valence-electron chi connectivity index (χ3n) is 21.1. The van der Waals surface area contributed by atoms with Crippen LogP contribution in [-0.2, 0) is 0 Å². The van der Waals surface area contributed by atoms with Crippen molar-refractivity contribution < 1.29 is 0 Å². The molecule has 0 amide bonds. The molecular formula is C112H82N16. The fraction of sp³-hybridized carbons (Fsp3) is 0.0179. The van der Waals surface area contributed by atoms with Gasteiger partial charge in [0.15, 0.2) is 52.4 Å². The Kier molecular flexibility index (Phi) is 25.6. The van der Waals surface area contributed by atoms with Crippen LogP contribution in [0.4, 0.5) is 0 Å². The molecule has 0 unspecified atom stereocenters. The number of pyridine rings is 7. The zero-order chi connectivity index (χ0) is 84.4. The molecule has 10 aromatic heterocycles. The molecule has 0 bridgehead atoms. The first-order valence-electron chi connectivity index (χ1n) is 41.1. The van der Waals surface area contributed by atoms with Crippen LogP contribution in [0.2, 0.25) is 0 Å². The van der Waals surface area contributed by atoms with E-state index in [1.54, 1.807) is 55.8 Å². The molecule has 10 heterocycles. The lowest BCUT2D eigenvalue weighted by Crippen LogP contribution is -2.01. The molecular weight excluding hydrogens is 1570 g/mol. The summed E-state index contributed by atoms with van der Waals surface area (Å²) in [6.07, 6.45) is 19.9. The van der Waals surface area contributed by atoms with Crippen LogP contribution in [0.3, 0.4) is 0 Å². The molecule has 0 atom stereocenters. The molecule has 11 aromatic carbocycles. The van der Waals surface area contributed by atoms with Crippen molar-refractivity contribution in [3.63, 3.8) is 0 Å². The fourth-order valence-corrected chi connectivity index (χ4v) is 14.8. The molecule has 0 fully saturated rings. The summed E-state index contributed by atoms with van der Waals surface area (Å²) in [6, 6.07) is 128. The van der Waals surface area contributed by atoms with E-state index in [2.05, 4.69) is 174 Å².